The van der Waals surface area contributed by atoms with E-state index in [0.717, 1.165) is 12.2 Å². The van der Waals surface area contributed by atoms with Crippen LogP contribution in [0.25, 0.3) is 0 Å². The van der Waals surface area contributed by atoms with Crippen molar-refractivity contribution in [3.05, 3.63) is 46.8 Å². The number of nitrogens with zero attached hydrogens (tertiary/aromatic N) is 2. The number of rotatable bonds is 6. The minimum atomic E-state index is -0.504. The first kappa shape index (κ1) is 14.6. The molecule has 21 heavy (non-hydrogen) atoms. The molecular weight excluding hydrogens is 274 g/mol. The second-order valence-electron chi connectivity index (χ2n) is 4.13. The lowest BCUT2D eigenvalue weighted by Gasteiger charge is -2.09. The van der Waals surface area contributed by atoms with E-state index in [1.54, 1.807) is 12.3 Å². The van der Waals surface area contributed by atoms with Crippen LogP contribution in [0, 0.1) is 10.1 Å². The number of hydrogen-bond acceptors (Lipinski definition) is 6. The molecule has 0 aliphatic heterocycles. The highest BCUT2D eigenvalue weighted by Gasteiger charge is 2.17. The molecular formula is C14H15N3O4. The molecule has 0 aliphatic carbocycles. The lowest BCUT2D eigenvalue weighted by Crippen LogP contribution is -1.98. The van der Waals surface area contributed by atoms with Gasteiger partial charge in [0.15, 0.2) is 0 Å². The van der Waals surface area contributed by atoms with Gasteiger partial charge in [0.05, 0.1) is 30.1 Å². The van der Waals surface area contributed by atoms with E-state index in [0.29, 0.717) is 11.5 Å². The van der Waals surface area contributed by atoms with Crippen LogP contribution in [0.1, 0.15) is 6.92 Å². The molecule has 2 rings (SSSR count). The van der Waals surface area contributed by atoms with Gasteiger partial charge in [0.1, 0.15) is 11.5 Å². The Balaban J connectivity index is 2.33. The largest absolute Gasteiger partial charge is 0.497 e. The van der Waals surface area contributed by atoms with Gasteiger partial charge in [0.25, 0.3) is 0 Å². The van der Waals surface area contributed by atoms with E-state index >= 15 is 0 Å². The van der Waals surface area contributed by atoms with Crippen LogP contribution >= 0.6 is 0 Å². The highest BCUT2D eigenvalue weighted by Crippen LogP contribution is 2.34. The molecule has 1 aromatic heterocycles. The Hall–Kier alpha value is -2.83. The number of anilines is 1. The van der Waals surface area contributed by atoms with Crippen LogP contribution in [0.4, 0.5) is 11.4 Å². The first-order chi connectivity index (χ1) is 10.1. The molecule has 7 nitrogen and oxygen atoms in total. The molecule has 0 unspecified atom stereocenters. The number of aromatic nitrogens is 1. The van der Waals surface area contributed by atoms with Crippen LogP contribution in [0.15, 0.2) is 36.7 Å². The van der Waals surface area contributed by atoms with Gasteiger partial charge in [-0.3, -0.25) is 15.1 Å². The number of methoxy groups -OCH3 is 1. The average molecular weight is 289 g/mol. The number of nitrogens with one attached hydrogen (secondary N) is 1. The summed E-state index contributed by atoms with van der Waals surface area (Å²) in [6, 6.07) is 6.05. The molecule has 0 fully saturated rings. The Labute approximate surface area is 121 Å². The van der Waals surface area contributed by atoms with E-state index < -0.39 is 4.92 Å². The highest BCUT2D eigenvalue weighted by atomic mass is 16.6. The third-order valence-electron chi connectivity index (χ3n) is 2.69. The van der Waals surface area contributed by atoms with Gasteiger partial charge in [-0.25, -0.2) is 0 Å². The van der Waals surface area contributed by atoms with Crippen molar-refractivity contribution in [3.8, 4) is 17.2 Å². The smallest absolute Gasteiger partial charge is 0.311 e. The fraction of sp³-hybridized carbons (Fsp3) is 0.214. The van der Waals surface area contributed by atoms with Crippen molar-refractivity contribution in [3.63, 3.8) is 0 Å². The fourth-order valence-corrected chi connectivity index (χ4v) is 1.76. The van der Waals surface area contributed by atoms with Gasteiger partial charge in [-0.15, -0.1) is 0 Å². The zero-order chi connectivity index (χ0) is 15.2. The molecule has 1 heterocycles. The van der Waals surface area contributed by atoms with Crippen LogP contribution in [0.2, 0.25) is 0 Å². The quantitative estimate of drug-likeness (QED) is 0.649. The number of hydrogen-bond donors (Lipinski definition) is 1. The van der Waals surface area contributed by atoms with Gasteiger partial charge in [-0.1, -0.05) is 0 Å². The summed E-state index contributed by atoms with van der Waals surface area (Å²) >= 11 is 0. The van der Waals surface area contributed by atoms with Crippen molar-refractivity contribution < 1.29 is 14.4 Å². The molecule has 0 radical (unpaired) electrons. The maximum Gasteiger partial charge on any atom is 0.311 e. The third-order valence-corrected chi connectivity index (χ3v) is 2.69. The summed E-state index contributed by atoms with van der Waals surface area (Å²) < 4.78 is 10.6. The Morgan fingerprint density at radius 1 is 1.29 bits per heavy atom. The molecule has 0 saturated heterocycles. The average Bonchev–Trinajstić information content (AvgIpc) is 2.47. The minimum absolute atomic E-state index is 0.106. The minimum Gasteiger partial charge on any atom is -0.497 e. The van der Waals surface area contributed by atoms with Crippen molar-refractivity contribution >= 4 is 11.4 Å². The summed E-state index contributed by atoms with van der Waals surface area (Å²) in [6.45, 7) is 2.70. The molecule has 0 saturated carbocycles. The molecule has 0 aliphatic rings. The molecule has 1 N–H and O–H groups in total. The molecule has 0 atom stereocenters. The Bertz CT molecular complexity index is 646. The first-order valence-corrected chi connectivity index (χ1v) is 6.33. The van der Waals surface area contributed by atoms with Crippen LogP contribution in [0.5, 0.6) is 17.2 Å². The van der Waals surface area contributed by atoms with Crippen molar-refractivity contribution in [2.45, 2.75) is 6.92 Å². The summed E-state index contributed by atoms with van der Waals surface area (Å²) in [5.74, 6) is 0.992. The molecule has 110 valence electrons. The van der Waals surface area contributed by atoms with Crippen LogP contribution in [-0.4, -0.2) is 23.6 Å². The Kier molecular flexibility index (Phi) is 4.55. The van der Waals surface area contributed by atoms with Crippen LogP contribution in [0.3, 0.4) is 0 Å². The van der Waals surface area contributed by atoms with E-state index in [-0.39, 0.29) is 11.4 Å². The Morgan fingerprint density at radius 2 is 2.10 bits per heavy atom. The summed E-state index contributed by atoms with van der Waals surface area (Å²) in [7, 11) is 1.48. The van der Waals surface area contributed by atoms with Gasteiger partial charge in [-0.05, 0) is 13.0 Å². The van der Waals surface area contributed by atoms with E-state index in [9.17, 15) is 10.1 Å². The van der Waals surface area contributed by atoms with E-state index in [1.807, 2.05) is 6.92 Å². The maximum absolute atomic E-state index is 11.0. The van der Waals surface area contributed by atoms with E-state index in [1.165, 1.54) is 31.5 Å². The lowest BCUT2D eigenvalue weighted by atomic mass is 10.2. The fourth-order valence-electron chi connectivity index (χ4n) is 1.76. The predicted octanol–water partition coefficient (Wildman–Crippen LogP) is 3.22. The Morgan fingerprint density at radius 3 is 2.76 bits per heavy atom. The van der Waals surface area contributed by atoms with Gasteiger partial charge in [0, 0.05) is 24.7 Å². The second kappa shape index (κ2) is 6.56. The first-order valence-electron chi connectivity index (χ1n) is 6.33. The summed E-state index contributed by atoms with van der Waals surface area (Å²) in [6.07, 6.45) is 3.14. The second-order valence-corrected chi connectivity index (χ2v) is 4.13. The summed E-state index contributed by atoms with van der Waals surface area (Å²) in [5.41, 5.74) is 0.644. The number of benzene rings is 1. The number of nitro benzene ring substituents is 1. The summed E-state index contributed by atoms with van der Waals surface area (Å²) in [5, 5.41) is 14.1. The number of pyridine rings is 1. The van der Waals surface area contributed by atoms with Gasteiger partial charge in [-0.2, -0.15) is 0 Å². The highest BCUT2D eigenvalue weighted by molar-refractivity contribution is 5.53. The number of ether oxygens (including phenoxy) is 2. The van der Waals surface area contributed by atoms with Crippen molar-refractivity contribution in [1.82, 2.24) is 4.98 Å². The molecule has 1 aromatic carbocycles. The zero-order valence-corrected chi connectivity index (χ0v) is 11.7. The molecule has 0 bridgehead atoms. The SMILES string of the molecule is CCNc1cncc(Oc2cc(OC)ccc2[N+](=O)[O-])c1. The predicted molar refractivity (Wildman–Crippen MR) is 78.1 cm³/mol. The summed E-state index contributed by atoms with van der Waals surface area (Å²) in [4.78, 5) is 14.6. The van der Waals surface area contributed by atoms with E-state index in [4.69, 9.17) is 9.47 Å². The van der Waals surface area contributed by atoms with Gasteiger partial charge < -0.3 is 14.8 Å². The third kappa shape index (κ3) is 3.59. The monoisotopic (exact) mass is 289 g/mol. The van der Waals surface area contributed by atoms with Crippen LogP contribution in [-0.2, 0) is 0 Å². The molecule has 7 heteroatoms. The van der Waals surface area contributed by atoms with Crippen molar-refractivity contribution in [2.75, 3.05) is 19.0 Å². The van der Waals surface area contributed by atoms with Gasteiger partial charge >= 0.3 is 5.69 Å². The van der Waals surface area contributed by atoms with Gasteiger partial charge in [0.2, 0.25) is 5.75 Å². The topological polar surface area (TPSA) is 86.5 Å². The lowest BCUT2D eigenvalue weighted by molar-refractivity contribution is -0.385. The molecule has 0 amide bonds. The molecule has 0 spiro atoms. The van der Waals surface area contributed by atoms with Crippen LogP contribution < -0.4 is 14.8 Å². The van der Waals surface area contributed by atoms with E-state index in [2.05, 4.69) is 10.3 Å². The standard InChI is InChI=1S/C14H15N3O4/c1-3-16-10-6-12(9-15-8-10)21-14-7-11(20-2)4-5-13(14)17(18)19/h4-9,16H,3H2,1-2H3. The normalized spacial score (nSPS) is 10.0. The maximum atomic E-state index is 11.0. The zero-order valence-electron chi connectivity index (χ0n) is 11.7. The number of nitro groups is 1. The van der Waals surface area contributed by atoms with Crippen molar-refractivity contribution in [1.29, 1.82) is 0 Å². The molecule has 2 aromatic rings. The van der Waals surface area contributed by atoms with Crippen molar-refractivity contribution in [2.24, 2.45) is 0 Å².